The number of nitrogens with zero attached hydrogens (tertiary/aromatic N) is 3. The summed E-state index contributed by atoms with van der Waals surface area (Å²) in [6.45, 7) is 14.8. The smallest absolute Gasteiger partial charge is 0.0923 e. The highest BCUT2D eigenvalue weighted by atomic mass is 31.0. The second-order valence-electron chi connectivity index (χ2n) is 4.71. The van der Waals surface area contributed by atoms with Crippen molar-refractivity contribution < 1.29 is 0 Å². The van der Waals surface area contributed by atoms with E-state index in [0.29, 0.717) is 0 Å². The van der Waals surface area contributed by atoms with E-state index in [1.165, 1.54) is 31.6 Å². The third-order valence-electron chi connectivity index (χ3n) is 3.19. The van der Waals surface area contributed by atoms with Gasteiger partial charge in [0.1, 0.15) is 0 Å². The average Bonchev–Trinajstić information content (AvgIpc) is 2.96. The number of aromatic amines is 1. The molecule has 1 unspecified atom stereocenters. The van der Waals surface area contributed by atoms with Crippen LogP contribution in [0.4, 0.5) is 0 Å². The van der Waals surface area contributed by atoms with Crippen molar-refractivity contribution in [2.45, 2.75) is 34.6 Å². The summed E-state index contributed by atoms with van der Waals surface area (Å²) in [7, 11) is 4.89. The summed E-state index contributed by atoms with van der Waals surface area (Å²) in [5.74, 6) is 0. The molecular formula is C17H33N4P. The monoisotopic (exact) mass is 324 g/mol. The molecule has 0 spiro atoms. The summed E-state index contributed by atoms with van der Waals surface area (Å²) >= 11 is 0. The van der Waals surface area contributed by atoms with E-state index in [4.69, 9.17) is 0 Å². The lowest BCUT2D eigenvalue weighted by Gasteiger charge is -2.28. The molecule has 1 N–H and O–H groups in total. The van der Waals surface area contributed by atoms with Crippen molar-refractivity contribution in [1.29, 1.82) is 0 Å². The van der Waals surface area contributed by atoms with E-state index in [9.17, 15) is 0 Å². The molecule has 2 heterocycles. The number of benzene rings is 1. The number of hydrogen-bond donors (Lipinski definition) is 1. The Bertz CT molecular complexity index is 480. The SMILES string of the molecule is CC.CC.CN1CCN(P)CC1.Cc1[nH]nc2ccccc12. The molecule has 1 atom stereocenters. The van der Waals surface area contributed by atoms with Crippen molar-refractivity contribution in [2.24, 2.45) is 0 Å². The summed E-state index contributed by atoms with van der Waals surface area (Å²) in [6.07, 6.45) is 0. The number of fused-ring (bicyclic) bond motifs is 1. The summed E-state index contributed by atoms with van der Waals surface area (Å²) in [5.41, 5.74) is 2.18. The summed E-state index contributed by atoms with van der Waals surface area (Å²) in [4.78, 5) is 2.35. The van der Waals surface area contributed by atoms with Crippen molar-refractivity contribution in [3.05, 3.63) is 30.0 Å². The van der Waals surface area contributed by atoms with Crippen molar-refractivity contribution in [3.8, 4) is 0 Å². The molecule has 0 saturated carbocycles. The van der Waals surface area contributed by atoms with Gasteiger partial charge in [-0.15, -0.1) is 0 Å². The van der Waals surface area contributed by atoms with E-state index in [1.807, 2.05) is 52.8 Å². The van der Waals surface area contributed by atoms with Gasteiger partial charge in [-0.3, -0.25) is 9.77 Å². The van der Waals surface area contributed by atoms with Gasteiger partial charge in [-0.05, 0) is 20.0 Å². The Balaban J connectivity index is 0.000000333. The zero-order valence-corrected chi connectivity index (χ0v) is 16.2. The van der Waals surface area contributed by atoms with E-state index in [-0.39, 0.29) is 0 Å². The van der Waals surface area contributed by atoms with Gasteiger partial charge in [0, 0.05) is 37.3 Å². The number of nitrogens with one attached hydrogen (secondary N) is 1. The quantitative estimate of drug-likeness (QED) is 0.745. The van der Waals surface area contributed by atoms with Crippen LogP contribution in [0.3, 0.4) is 0 Å². The molecule has 1 aromatic heterocycles. The average molecular weight is 324 g/mol. The van der Waals surface area contributed by atoms with Crippen LogP contribution in [0, 0.1) is 6.92 Å². The minimum atomic E-state index is 1.04. The molecule has 0 radical (unpaired) electrons. The number of piperazine rings is 1. The maximum Gasteiger partial charge on any atom is 0.0923 e. The van der Waals surface area contributed by atoms with E-state index in [2.05, 4.69) is 42.3 Å². The highest BCUT2D eigenvalue weighted by Crippen LogP contribution is 2.12. The first-order chi connectivity index (χ1) is 10.7. The lowest BCUT2D eigenvalue weighted by atomic mass is 10.2. The highest BCUT2D eigenvalue weighted by Gasteiger charge is 2.08. The van der Waals surface area contributed by atoms with Gasteiger partial charge in [0.15, 0.2) is 0 Å². The molecule has 1 aromatic carbocycles. The molecule has 1 fully saturated rings. The second-order valence-corrected chi connectivity index (χ2v) is 5.44. The largest absolute Gasteiger partial charge is 0.304 e. The molecule has 1 aliphatic heterocycles. The maximum atomic E-state index is 4.09. The number of aryl methyl sites for hydroxylation is 1. The molecule has 22 heavy (non-hydrogen) atoms. The fourth-order valence-electron chi connectivity index (χ4n) is 1.91. The normalized spacial score (nSPS) is 14.9. The lowest BCUT2D eigenvalue weighted by Crippen LogP contribution is -2.39. The summed E-state index contributed by atoms with van der Waals surface area (Å²) in [6, 6.07) is 8.07. The van der Waals surface area contributed by atoms with Crippen LogP contribution in [0.2, 0.25) is 0 Å². The molecule has 0 aliphatic carbocycles. The molecule has 2 aromatic rings. The van der Waals surface area contributed by atoms with Crippen LogP contribution < -0.4 is 0 Å². The molecule has 0 bridgehead atoms. The van der Waals surface area contributed by atoms with Crippen LogP contribution in [-0.4, -0.2) is 53.0 Å². The Labute approximate surface area is 138 Å². The topological polar surface area (TPSA) is 35.2 Å². The van der Waals surface area contributed by atoms with Gasteiger partial charge >= 0.3 is 0 Å². The highest BCUT2D eigenvalue weighted by molar-refractivity contribution is 7.13. The Morgan fingerprint density at radius 2 is 1.55 bits per heavy atom. The van der Waals surface area contributed by atoms with Gasteiger partial charge < -0.3 is 4.90 Å². The number of H-pyrrole nitrogens is 1. The number of likely N-dealkylation sites (N-methyl/N-ethyl adjacent to an activating group) is 1. The molecule has 1 aliphatic rings. The minimum absolute atomic E-state index is 1.04. The predicted molar refractivity (Wildman–Crippen MR) is 102 cm³/mol. The van der Waals surface area contributed by atoms with Gasteiger partial charge in [-0.25, -0.2) is 0 Å². The Morgan fingerprint density at radius 3 is 2.05 bits per heavy atom. The third-order valence-corrected chi connectivity index (χ3v) is 3.71. The molecule has 5 heteroatoms. The maximum absolute atomic E-state index is 4.09. The summed E-state index contributed by atoms with van der Waals surface area (Å²) < 4.78 is 2.28. The van der Waals surface area contributed by atoms with Crippen LogP contribution in [0.5, 0.6) is 0 Å². The second kappa shape index (κ2) is 12.6. The molecule has 3 rings (SSSR count). The zero-order chi connectivity index (χ0) is 17.0. The van der Waals surface area contributed by atoms with E-state index >= 15 is 0 Å². The third kappa shape index (κ3) is 7.35. The molecule has 1 saturated heterocycles. The van der Waals surface area contributed by atoms with Crippen molar-refractivity contribution in [3.63, 3.8) is 0 Å². The first-order valence-electron chi connectivity index (χ1n) is 8.24. The van der Waals surface area contributed by atoms with Gasteiger partial charge in [-0.2, -0.15) is 5.10 Å². The fourth-order valence-corrected chi connectivity index (χ4v) is 2.15. The van der Waals surface area contributed by atoms with Gasteiger partial charge in [-0.1, -0.05) is 55.3 Å². The molecule has 4 nitrogen and oxygen atoms in total. The zero-order valence-electron chi connectivity index (χ0n) is 15.1. The molecular weight excluding hydrogens is 291 g/mol. The fraction of sp³-hybridized carbons (Fsp3) is 0.588. The molecule has 0 amide bonds. The first kappa shape index (κ1) is 21.0. The Kier molecular flexibility index (Phi) is 12.0. The number of para-hydroxylation sites is 1. The van der Waals surface area contributed by atoms with E-state index < -0.39 is 0 Å². The Morgan fingerprint density at radius 1 is 1.00 bits per heavy atom. The lowest BCUT2D eigenvalue weighted by molar-refractivity contribution is 0.233. The van der Waals surface area contributed by atoms with Gasteiger partial charge in [0.25, 0.3) is 0 Å². The molecule has 126 valence electrons. The van der Waals surface area contributed by atoms with Crippen LogP contribution in [0.1, 0.15) is 33.4 Å². The summed E-state index contributed by atoms with van der Waals surface area (Å²) in [5, 5.41) is 8.23. The van der Waals surface area contributed by atoms with Crippen LogP contribution in [0.15, 0.2) is 24.3 Å². The van der Waals surface area contributed by atoms with Gasteiger partial charge in [0.2, 0.25) is 0 Å². The standard InChI is InChI=1S/C8H8N2.C5H13N2P.2C2H6/c1-6-7-4-2-3-5-8(7)10-9-6;1-6-2-4-7(8)5-3-6;2*1-2/h2-5H,1H3,(H,9,10);2-5,8H2,1H3;2*1-2H3. The van der Waals surface area contributed by atoms with E-state index in [0.717, 1.165) is 11.2 Å². The van der Waals surface area contributed by atoms with Crippen molar-refractivity contribution in [1.82, 2.24) is 19.8 Å². The van der Waals surface area contributed by atoms with Gasteiger partial charge in [0.05, 0.1) is 5.52 Å². The van der Waals surface area contributed by atoms with Crippen molar-refractivity contribution >= 4 is 20.3 Å². The number of hydrogen-bond acceptors (Lipinski definition) is 3. The number of rotatable bonds is 0. The Hall–Kier alpha value is -0.960. The number of aromatic nitrogens is 2. The van der Waals surface area contributed by atoms with Crippen molar-refractivity contribution in [2.75, 3.05) is 33.2 Å². The van der Waals surface area contributed by atoms with Crippen LogP contribution >= 0.6 is 9.39 Å². The predicted octanol–water partition coefficient (Wildman–Crippen LogP) is 3.95. The van der Waals surface area contributed by atoms with E-state index in [1.54, 1.807) is 0 Å². The van der Waals surface area contributed by atoms with Crippen LogP contribution in [-0.2, 0) is 0 Å². The first-order valence-corrected chi connectivity index (χ1v) is 8.76. The van der Waals surface area contributed by atoms with Crippen LogP contribution in [0.25, 0.3) is 10.9 Å². The minimum Gasteiger partial charge on any atom is -0.304 e.